The molecule has 0 radical (unpaired) electrons. The smallest absolute Gasteiger partial charge is 0.261 e. The molecule has 3 N–H and O–H groups in total. The van der Waals surface area contributed by atoms with E-state index in [1.807, 2.05) is 0 Å². The Kier molecular flexibility index (Phi) is 3.80. The average Bonchev–Trinajstić information content (AvgIpc) is 2.30. The maximum absolute atomic E-state index is 13.6. The predicted molar refractivity (Wildman–Crippen MR) is 72.9 cm³/mol. The van der Waals surface area contributed by atoms with E-state index < -0.39 is 23.1 Å². The lowest BCUT2D eigenvalue weighted by molar-refractivity contribution is 0.101. The SMILES string of the molecule is Nc1ccc(NC(=O)c2c(F)cc(Br)cc2F)cc1. The average molecular weight is 327 g/mol. The summed E-state index contributed by atoms with van der Waals surface area (Å²) < 4.78 is 27.4. The molecular formula is C13H9BrF2N2O. The van der Waals surface area contributed by atoms with Crippen molar-refractivity contribution >= 4 is 33.2 Å². The van der Waals surface area contributed by atoms with Gasteiger partial charge in [0.2, 0.25) is 0 Å². The van der Waals surface area contributed by atoms with Crippen LogP contribution < -0.4 is 11.1 Å². The van der Waals surface area contributed by atoms with E-state index in [1.54, 1.807) is 24.3 Å². The van der Waals surface area contributed by atoms with E-state index in [9.17, 15) is 13.6 Å². The molecule has 98 valence electrons. The molecule has 0 heterocycles. The molecule has 1 amide bonds. The summed E-state index contributed by atoms with van der Waals surface area (Å²) in [7, 11) is 0. The van der Waals surface area contributed by atoms with E-state index >= 15 is 0 Å². The zero-order valence-corrected chi connectivity index (χ0v) is 11.2. The van der Waals surface area contributed by atoms with Gasteiger partial charge in [0.05, 0.1) is 0 Å². The van der Waals surface area contributed by atoms with Gasteiger partial charge in [-0.25, -0.2) is 8.78 Å². The van der Waals surface area contributed by atoms with Crippen molar-refractivity contribution in [2.75, 3.05) is 11.1 Å². The molecule has 0 fully saturated rings. The molecule has 0 aliphatic heterocycles. The summed E-state index contributed by atoms with van der Waals surface area (Å²) in [5.41, 5.74) is 5.80. The Labute approximate surface area is 116 Å². The van der Waals surface area contributed by atoms with Crippen LogP contribution in [0.4, 0.5) is 20.2 Å². The highest BCUT2D eigenvalue weighted by atomic mass is 79.9. The topological polar surface area (TPSA) is 55.1 Å². The summed E-state index contributed by atoms with van der Waals surface area (Å²) >= 11 is 2.95. The first-order valence-corrected chi connectivity index (χ1v) is 6.08. The molecule has 6 heteroatoms. The van der Waals surface area contributed by atoms with Gasteiger partial charge < -0.3 is 11.1 Å². The van der Waals surface area contributed by atoms with Gasteiger partial charge in [-0.2, -0.15) is 0 Å². The number of carbonyl (C=O) groups is 1. The zero-order chi connectivity index (χ0) is 14.0. The molecule has 0 unspecified atom stereocenters. The molecule has 0 bridgehead atoms. The van der Waals surface area contributed by atoms with Crippen molar-refractivity contribution in [1.82, 2.24) is 0 Å². The minimum Gasteiger partial charge on any atom is -0.399 e. The molecule has 2 aromatic carbocycles. The van der Waals surface area contributed by atoms with Crippen LogP contribution in [0.15, 0.2) is 40.9 Å². The number of nitrogen functional groups attached to an aromatic ring is 1. The first-order chi connectivity index (χ1) is 8.97. The number of amides is 1. The van der Waals surface area contributed by atoms with Crippen LogP contribution in [0.25, 0.3) is 0 Å². The number of carbonyl (C=O) groups excluding carboxylic acids is 1. The summed E-state index contributed by atoms with van der Waals surface area (Å²) in [5, 5.41) is 2.40. The van der Waals surface area contributed by atoms with E-state index in [2.05, 4.69) is 21.2 Å². The fourth-order valence-electron chi connectivity index (χ4n) is 1.52. The standard InChI is InChI=1S/C13H9BrF2N2O/c14-7-5-10(15)12(11(16)6-7)13(19)18-9-3-1-8(17)2-4-9/h1-6H,17H2,(H,18,19). The van der Waals surface area contributed by atoms with E-state index in [-0.39, 0.29) is 4.47 Å². The first kappa shape index (κ1) is 13.5. The van der Waals surface area contributed by atoms with E-state index in [0.29, 0.717) is 11.4 Å². The molecule has 2 aromatic rings. The zero-order valence-electron chi connectivity index (χ0n) is 9.58. The summed E-state index contributed by atoms with van der Waals surface area (Å²) in [6.45, 7) is 0. The van der Waals surface area contributed by atoms with Crippen molar-refractivity contribution in [3.63, 3.8) is 0 Å². The Morgan fingerprint density at radius 2 is 1.63 bits per heavy atom. The van der Waals surface area contributed by atoms with Gasteiger partial charge in [-0.15, -0.1) is 0 Å². The summed E-state index contributed by atoms with van der Waals surface area (Å²) in [4.78, 5) is 11.8. The Bertz CT molecular complexity index is 606. The van der Waals surface area contributed by atoms with Crippen LogP contribution in [0.1, 0.15) is 10.4 Å². The highest BCUT2D eigenvalue weighted by molar-refractivity contribution is 9.10. The van der Waals surface area contributed by atoms with E-state index in [1.165, 1.54) is 0 Å². The van der Waals surface area contributed by atoms with Gasteiger partial charge >= 0.3 is 0 Å². The Morgan fingerprint density at radius 1 is 1.11 bits per heavy atom. The lowest BCUT2D eigenvalue weighted by atomic mass is 10.1. The number of nitrogens with two attached hydrogens (primary N) is 1. The molecule has 3 nitrogen and oxygen atoms in total. The van der Waals surface area contributed by atoms with Crippen molar-refractivity contribution in [3.05, 3.63) is 58.1 Å². The molecule has 0 spiro atoms. The summed E-state index contributed by atoms with van der Waals surface area (Å²) in [5.74, 6) is -2.72. The van der Waals surface area contributed by atoms with Gasteiger partial charge in [0.25, 0.3) is 5.91 Å². The van der Waals surface area contributed by atoms with Crippen LogP contribution in [0.5, 0.6) is 0 Å². The van der Waals surface area contributed by atoms with Gasteiger partial charge in [-0.05, 0) is 36.4 Å². The molecule has 0 aliphatic carbocycles. The maximum Gasteiger partial charge on any atom is 0.261 e. The second-order valence-corrected chi connectivity index (χ2v) is 4.74. The van der Waals surface area contributed by atoms with Crippen molar-refractivity contribution in [2.24, 2.45) is 0 Å². The fourth-order valence-corrected chi connectivity index (χ4v) is 1.92. The van der Waals surface area contributed by atoms with Crippen molar-refractivity contribution in [3.8, 4) is 0 Å². The first-order valence-electron chi connectivity index (χ1n) is 5.29. The number of nitrogens with one attached hydrogen (secondary N) is 1. The highest BCUT2D eigenvalue weighted by Gasteiger charge is 2.18. The second-order valence-electron chi connectivity index (χ2n) is 3.82. The van der Waals surface area contributed by atoms with Gasteiger partial charge in [0.1, 0.15) is 17.2 Å². The largest absolute Gasteiger partial charge is 0.399 e. The van der Waals surface area contributed by atoms with Gasteiger partial charge in [-0.1, -0.05) is 15.9 Å². The van der Waals surface area contributed by atoms with Gasteiger partial charge in [-0.3, -0.25) is 4.79 Å². The van der Waals surface area contributed by atoms with Crippen molar-refractivity contribution < 1.29 is 13.6 Å². The van der Waals surface area contributed by atoms with Crippen LogP contribution >= 0.6 is 15.9 Å². The van der Waals surface area contributed by atoms with Crippen molar-refractivity contribution in [1.29, 1.82) is 0 Å². The molecule has 2 rings (SSSR count). The maximum atomic E-state index is 13.6. The van der Waals surface area contributed by atoms with Crippen molar-refractivity contribution in [2.45, 2.75) is 0 Å². The summed E-state index contributed by atoms with van der Waals surface area (Å²) in [6, 6.07) is 8.29. The minimum absolute atomic E-state index is 0.228. The van der Waals surface area contributed by atoms with E-state index in [4.69, 9.17) is 5.73 Å². The molecule has 0 aliphatic rings. The Hall–Kier alpha value is -1.95. The molecule has 0 saturated carbocycles. The third-order valence-electron chi connectivity index (χ3n) is 2.40. The van der Waals surface area contributed by atoms with Crippen LogP contribution in [0.2, 0.25) is 0 Å². The fraction of sp³-hybridized carbons (Fsp3) is 0. The number of benzene rings is 2. The lowest BCUT2D eigenvalue weighted by Crippen LogP contribution is -2.16. The van der Waals surface area contributed by atoms with Crippen LogP contribution in [0.3, 0.4) is 0 Å². The van der Waals surface area contributed by atoms with Crippen LogP contribution in [-0.2, 0) is 0 Å². The number of hydrogen-bond acceptors (Lipinski definition) is 2. The lowest BCUT2D eigenvalue weighted by Gasteiger charge is -2.07. The third-order valence-corrected chi connectivity index (χ3v) is 2.86. The number of anilines is 2. The van der Waals surface area contributed by atoms with Crippen LogP contribution in [-0.4, -0.2) is 5.91 Å². The number of halogens is 3. The Morgan fingerprint density at radius 3 is 2.16 bits per heavy atom. The molecule has 0 saturated heterocycles. The van der Waals surface area contributed by atoms with Gasteiger partial charge in [0, 0.05) is 15.8 Å². The second kappa shape index (κ2) is 5.36. The highest BCUT2D eigenvalue weighted by Crippen LogP contribution is 2.21. The van der Waals surface area contributed by atoms with E-state index in [0.717, 1.165) is 12.1 Å². The Balaban J connectivity index is 2.28. The quantitative estimate of drug-likeness (QED) is 0.829. The third kappa shape index (κ3) is 3.08. The number of hydrogen-bond donors (Lipinski definition) is 2. The summed E-state index contributed by atoms with van der Waals surface area (Å²) in [6.07, 6.45) is 0. The molecule has 19 heavy (non-hydrogen) atoms. The molecule has 0 aromatic heterocycles. The molecule has 0 atom stereocenters. The van der Waals surface area contributed by atoms with Gasteiger partial charge in [0.15, 0.2) is 0 Å². The number of rotatable bonds is 2. The monoisotopic (exact) mass is 326 g/mol. The minimum atomic E-state index is -0.931. The molecular weight excluding hydrogens is 318 g/mol. The normalized spacial score (nSPS) is 10.3. The van der Waals surface area contributed by atoms with Crippen LogP contribution in [0, 0.1) is 11.6 Å². The predicted octanol–water partition coefficient (Wildman–Crippen LogP) is 3.56.